The summed E-state index contributed by atoms with van der Waals surface area (Å²) >= 11 is 0. The highest BCUT2D eigenvalue weighted by atomic mass is 19.4. The van der Waals surface area contributed by atoms with E-state index in [-0.39, 0.29) is 12.5 Å². The van der Waals surface area contributed by atoms with Gasteiger partial charge >= 0.3 is 6.18 Å². The van der Waals surface area contributed by atoms with Crippen molar-refractivity contribution >= 4 is 23.7 Å². The average Bonchev–Trinajstić information content (AvgIpc) is 2.53. The topological polar surface area (TPSA) is 49.3 Å². The third-order valence-electron chi connectivity index (χ3n) is 3.28. The summed E-state index contributed by atoms with van der Waals surface area (Å²) in [5.41, 5.74) is 1.40. The Balaban J connectivity index is 2.35. The molecule has 0 unspecified atom stereocenters. The Hall–Kier alpha value is -2.60. The molecule has 1 amide bonds. The lowest BCUT2D eigenvalue weighted by Gasteiger charge is -2.09. The van der Waals surface area contributed by atoms with E-state index in [9.17, 15) is 23.1 Å². The molecule has 0 bridgehead atoms. The Morgan fingerprint density at radius 2 is 1.92 bits per heavy atom. The molecule has 0 aromatic heterocycles. The number of aliphatic hydroxyl groups excluding tert-OH is 1. The molecule has 0 atom stereocenters. The van der Waals surface area contributed by atoms with E-state index in [0.717, 1.165) is 12.1 Å². The number of aliphatic hydroxyl groups is 1. The number of anilines is 1. The molecule has 3 nitrogen and oxygen atoms in total. The quantitative estimate of drug-likeness (QED) is 0.817. The maximum atomic E-state index is 12.7. The molecule has 2 rings (SSSR count). The van der Waals surface area contributed by atoms with Crippen LogP contribution in [0.25, 0.3) is 12.2 Å². The minimum Gasteiger partial charge on any atom is -0.392 e. The molecule has 0 aliphatic rings. The van der Waals surface area contributed by atoms with E-state index in [2.05, 4.69) is 5.32 Å². The van der Waals surface area contributed by atoms with Crippen LogP contribution in [0, 0.1) is 0 Å². The fourth-order valence-electron chi connectivity index (χ4n) is 2.16. The van der Waals surface area contributed by atoms with E-state index in [1.807, 2.05) is 0 Å². The largest absolute Gasteiger partial charge is 0.416 e. The van der Waals surface area contributed by atoms with E-state index in [0.29, 0.717) is 22.4 Å². The van der Waals surface area contributed by atoms with E-state index in [1.165, 1.54) is 19.1 Å². The molecule has 0 spiro atoms. The van der Waals surface area contributed by atoms with Gasteiger partial charge in [-0.1, -0.05) is 30.4 Å². The molecule has 0 radical (unpaired) electrons. The van der Waals surface area contributed by atoms with Crippen LogP contribution in [0.15, 0.2) is 42.5 Å². The molecule has 0 aliphatic carbocycles. The van der Waals surface area contributed by atoms with E-state index in [4.69, 9.17) is 0 Å². The molecule has 0 aliphatic heterocycles. The van der Waals surface area contributed by atoms with E-state index < -0.39 is 11.7 Å². The van der Waals surface area contributed by atoms with Crippen molar-refractivity contribution in [3.05, 3.63) is 64.7 Å². The van der Waals surface area contributed by atoms with Gasteiger partial charge in [-0.3, -0.25) is 4.79 Å². The van der Waals surface area contributed by atoms with Gasteiger partial charge in [-0.15, -0.1) is 0 Å². The van der Waals surface area contributed by atoms with Gasteiger partial charge in [-0.05, 0) is 41.0 Å². The number of alkyl halides is 3. The second-order valence-electron chi connectivity index (χ2n) is 5.22. The fourth-order valence-corrected chi connectivity index (χ4v) is 2.16. The van der Waals surface area contributed by atoms with Gasteiger partial charge < -0.3 is 10.4 Å². The zero-order valence-corrected chi connectivity index (χ0v) is 12.9. The lowest BCUT2D eigenvalue weighted by Crippen LogP contribution is -2.07. The van der Waals surface area contributed by atoms with Crippen LogP contribution in [-0.2, 0) is 17.6 Å². The summed E-state index contributed by atoms with van der Waals surface area (Å²) in [4.78, 5) is 11.2. The molecule has 0 heterocycles. The van der Waals surface area contributed by atoms with Crippen LogP contribution in [0.2, 0.25) is 0 Å². The predicted molar refractivity (Wildman–Crippen MR) is 87.0 cm³/mol. The highest BCUT2D eigenvalue weighted by molar-refractivity contribution is 5.92. The summed E-state index contributed by atoms with van der Waals surface area (Å²) in [6.07, 6.45) is -1.28. The number of amides is 1. The summed E-state index contributed by atoms with van der Waals surface area (Å²) in [5.74, 6) is -0.263. The summed E-state index contributed by atoms with van der Waals surface area (Å²) in [6, 6.07) is 9.90. The Morgan fingerprint density at radius 3 is 2.54 bits per heavy atom. The molecule has 126 valence electrons. The first-order valence-corrected chi connectivity index (χ1v) is 7.16. The van der Waals surface area contributed by atoms with E-state index >= 15 is 0 Å². The molecular weight excluding hydrogens is 319 g/mol. The predicted octanol–water partition coefficient (Wildman–Crippen LogP) is 4.33. The highest BCUT2D eigenvalue weighted by Crippen LogP contribution is 2.30. The minimum atomic E-state index is -4.40. The van der Waals surface area contributed by atoms with Crippen molar-refractivity contribution in [2.45, 2.75) is 19.7 Å². The molecule has 0 fully saturated rings. The fraction of sp³-hybridized carbons (Fsp3) is 0.167. The molecule has 0 saturated carbocycles. The third kappa shape index (κ3) is 4.70. The maximum absolute atomic E-state index is 12.7. The number of nitrogens with one attached hydrogen (secondary N) is 1. The number of benzene rings is 2. The van der Waals surface area contributed by atoms with Crippen LogP contribution in [0.3, 0.4) is 0 Å². The normalized spacial score (nSPS) is 11.7. The first-order valence-electron chi connectivity index (χ1n) is 7.16. The molecule has 2 aromatic rings. The van der Waals surface area contributed by atoms with Crippen molar-refractivity contribution in [3.63, 3.8) is 0 Å². The first kappa shape index (κ1) is 17.7. The van der Waals surface area contributed by atoms with Crippen molar-refractivity contribution in [1.29, 1.82) is 0 Å². The molecular formula is C18H16F3NO2. The van der Waals surface area contributed by atoms with Crippen LogP contribution in [0.1, 0.15) is 29.2 Å². The van der Waals surface area contributed by atoms with Crippen LogP contribution in [0.5, 0.6) is 0 Å². The van der Waals surface area contributed by atoms with Crippen LogP contribution >= 0.6 is 0 Å². The van der Waals surface area contributed by atoms with Crippen LogP contribution in [-0.4, -0.2) is 11.0 Å². The Kier molecular flexibility index (Phi) is 5.41. The highest BCUT2D eigenvalue weighted by Gasteiger charge is 2.30. The molecule has 2 aromatic carbocycles. The Morgan fingerprint density at radius 1 is 1.17 bits per heavy atom. The number of rotatable bonds is 4. The van der Waals surface area contributed by atoms with Gasteiger partial charge in [0.15, 0.2) is 0 Å². The maximum Gasteiger partial charge on any atom is 0.416 e. The summed E-state index contributed by atoms with van der Waals surface area (Å²) in [6.45, 7) is 1.19. The number of halogens is 3. The van der Waals surface area contributed by atoms with E-state index in [1.54, 1.807) is 30.3 Å². The summed E-state index contributed by atoms with van der Waals surface area (Å²) < 4.78 is 38.2. The van der Waals surface area contributed by atoms with Gasteiger partial charge in [-0.2, -0.15) is 13.2 Å². The number of carbonyl (C=O) groups excluding carboxylic acids is 1. The molecule has 24 heavy (non-hydrogen) atoms. The SMILES string of the molecule is CC(=O)Nc1ccc(CO)cc1/C=C/c1cccc(C(F)(F)F)c1. The van der Waals surface area contributed by atoms with Crippen molar-refractivity contribution in [2.24, 2.45) is 0 Å². The first-order chi connectivity index (χ1) is 11.3. The number of hydrogen-bond donors (Lipinski definition) is 2. The minimum absolute atomic E-state index is 0.176. The van der Waals surface area contributed by atoms with Gasteiger partial charge in [0.25, 0.3) is 0 Å². The van der Waals surface area contributed by atoms with Gasteiger partial charge in [0.1, 0.15) is 0 Å². The summed E-state index contributed by atoms with van der Waals surface area (Å²) in [7, 11) is 0. The second kappa shape index (κ2) is 7.31. The number of hydrogen-bond acceptors (Lipinski definition) is 2. The van der Waals surface area contributed by atoms with Gasteiger partial charge in [0, 0.05) is 12.6 Å². The Bertz CT molecular complexity index is 767. The molecule has 0 saturated heterocycles. The van der Waals surface area contributed by atoms with Crippen molar-refractivity contribution in [1.82, 2.24) is 0 Å². The zero-order valence-electron chi connectivity index (χ0n) is 12.9. The smallest absolute Gasteiger partial charge is 0.392 e. The van der Waals surface area contributed by atoms with Gasteiger partial charge in [0.05, 0.1) is 12.2 Å². The third-order valence-corrected chi connectivity index (χ3v) is 3.28. The molecule has 6 heteroatoms. The Labute approximate surface area is 137 Å². The van der Waals surface area contributed by atoms with Crippen molar-refractivity contribution in [3.8, 4) is 0 Å². The van der Waals surface area contributed by atoms with Gasteiger partial charge in [-0.25, -0.2) is 0 Å². The average molecular weight is 335 g/mol. The lowest BCUT2D eigenvalue weighted by atomic mass is 10.1. The molecule has 2 N–H and O–H groups in total. The van der Waals surface area contributed by atoms with Crippen LogP contribution < -0.4 is 5.32 Å². The van der Waals surface area contributed by atoms with Gasteiger partial charge in [0.2, 0.25) is 5.91 Å². The standard InChI is InChI=1S/C18H16F3NO2/c1-12(24)22-17-8-6-14(11-23)9-15(17)7-5-13-3-2-4-16(10-13)18(19,20)21/h2-10,23H,11H2,1H3,(H,22,24)/b7-5+. The monoisotopic (exact) mass is 335 g/mol. The number of carbonyl (C=O) groups is 1. The van der Waals surface area contributed by atoms with Crippen molar-refractivity contribution in [2.75, 3.05) is 5.32 Å². The summed E-state index contributed by atoms with van der Waals surface area (Å²) in [5, 5.41) is 11.9. The lowest BCUT2D eigenvalue weighted by molar-refractivity contribution is -0.137. The van der Waals surface area contributed by atoms with Crippen LogP contribution in [0.4, 0.5) is 18.9 Å². The van der Waals surface area contributed by atoms with Crippen molar-refractivity contribution < 1.29 is 23.1 Å². The second-order valence-corrected chi connectivity index (χ2v) is 5.22. The zero-order chi connectivity index (χ0) is 17.7.